The molecule has 0 unspecified atom stereocenters. The van der Waals surface area contributed by atoms with E-state index in [1.807, 2.05) is 0 Å². The van der Waals surface area contributed by atoms with Crippen molar-refractivity contribution in [2.24, 2.45) is 11.7 Å². The minimum atomic E-state index is -3.70. The van der Waals surface area contributed by atoms with Gasteiger partial charge in [-0.3, -0.25) is 9.59 Å². The molecule has 0 bridgehead atoms. The quantitative estimate of drug-likeness (QED) is 0.801. The van der Waals surface area contributed by atoms with Gasteiger partial charge in [0.1, 0.15) is 0 Å². The molecule has 1 aromatic rings. The molecule has 2 rings (SSSR count). The molecule has 1 heterocycles. The number of hydrogen-bond acceptors (Lipinski definition) is 4. The molecule has 0 aliphatic carbocycles. The van der Waals surface area contributed by atoms with Crippen molar-refractivity contribution in [3.05, 3.63) is 30.3 Å². The normalized spacial score (nSPS) is 16.3. The Bertz CT molecular complexity index is 683. The van der Waals surface area contributed by atoms with Crippen LogP contribution in [0.3, 0.4) is 0 Å². The van der Waals surface area contributed by atoms with Gasteiger partial charge in [-0.25, -0.2) is 8.42 Å². The number of primary amides is 1. The largest absolute Gasteiger partial charge is 0.369 e. The number of carbonyl (C=O) groups is 2. The second kappa shape index (κ2) is 7.76. The zero-order valence-corrected chi connectivity index (χ0v) is 14.5. The number of likely N-dealkylation sites (tertiary alicyclic amines) is 1. The van der Waals surface area contributed by atoms with Gasteiger partial charge in [-0.1, -0.05) is 25.1 Å². The third-order valence-electron chi connectivity index (χ3n) is 4.30. The number of piperidine rings is 1. The van der Waals surface area contributed by atoms with E-state index in [4.69, 9.17) is 5.73 Å². The number of sulfonamides is 1. The lowest BCUT2D eigenvalue weighted by molar-refractivity contribution is -0.135. The molecular formula is C16H23N3O4S. The Morgan fingerprint density at radius 1 is 1.21 bits per heavy atom. The van der Waals surface area contributed by atoms with Gasteiger partial charge in [-0.15, -0.1) is 0 Å². The maximum Gasteiger partial charge on any atom is 0.243 e. The van der Waals surface area contributed by atoms with Crippen LogP contribution in [0.25, 0.3) is 0 Å². The number of amides is 2. The number of nitrogens with zero attached hydrogens (tertiary/aromatic N) is 2. The summed E-state index contributed by atoms with van der Waals surface area (Å²) in [6.07, 6.45) is 1.05. The van der Waals surface area contributed by atoms with Gasteiger partial charge < -0.3 is 10.6 Å². The number of rotatable bonds is 6. The summed E-state index contributed by atoms with van der Waals surface area (Å²) in [5, 5.41) is 0. The van der Waals surface area contributed by atoms with Crippen molar-refractivity contribution in [2.45, 2.75) is 24.7 Å². The summed E-state index contributed by atoms with van der Waals surface area (Å²) in [5.41, 5.74) is 5.28. The molecular weight excluding hydrogens is 330 g/mol. The molecule has 0 spiro atoms. The van der Waals surface area contributed by atoms with E-state index >= 15 is 0 Å². The molecule has 0 aromatic heterocycles. The lowest BCUT2D eigenvalue weighted by Gasteiger charge is -2.32. The van der Waals surface area contributed by atoms with E-state index in [0.717, 1.165) is 0 Å². The fourth-order valence-electron chi connectivity index (χ4n) is 2.77. The SMILES string of the molecule is CCN(CC(=O)N1CCC(C(N)=O)CC1)S(=O)(=O)c1ccccc1. The van der Waals surface area contributed by atoms with Crippen LogP contribution < -0.4 is 5.73 Å². The number of nitrogens with two attached hydrogens (primary N) is 1. The number of benzene rings is 1. The summed E-state index contributed by atoms with van der Waals surface area (Å²) >= 11 is 0. The van der Waals surface area contributed by atoms with Crippen molar-refractivity contribution in [3.63, 3.8) is 0 Å². The van der Waals surface area contributed by atoms with Crippen molar-refractivity contribution < 1.29 is 18.0 Å². The highest BCUT2D eigenvalue weighted by atomic mass is 32.2. The molecule has 2 amide bonds. The summed E-state index contributed by atoms with van der Waals surface area (Å²) in [6, 6.07) is 8.07. The lowest BCUT2D eigenvalue weighted by atomic mass is 9.96. The van der Waals surface area contributed by atoms with Crippen molar-refractivity contribution in [1.29, 1.82) is 0 Å². The van der Waals surface area contributed by atoms with Crippen LogP contribution in [0, 0.1) is 5.92 Å². The first-order chi connectivity index (χ1) is 11.4. The number of likely N-dealkylation sites (N-methyl/N-ethyl adjacent to an activating group) is 1. The average molecular weight is 353 g/mol. The summed E-state index contributed by atoms with van der Waals surface area (Å²) < 4.78 is 26.4. The highest BCUT2D eigenvalue weighted by Gasteiger charge is 2.30. The predicted octanol–water partition coefficient (Wildman–Crippen LogP) is 0.421. The van der Waals surface area contributed by atoms with E-state index in [1.165, 1.54) is 16.4 Å². The third-order valence-corrected chi connectivity index (χ3v) is 6.23. The molecule has 1 aliphatic heterocycles. The molecule has 8 heteroatoms. The van der Waals surface area contributed by atoms with Gasteiger partial charge >= 0.3 is 0 Å². The van der Waals surface area contributed by atoms with Crippen LogP contribution >= 0.6 is 0 Å². The van der Waals surface area contributed by atoms with Crippen LogP contribution in [-0.2, 0) is 19.6 Å². The second-order valence-corrected chi connectivity index (χ2v) is 7.74. The molecule has 24 heavy (non-hydrogen) atoms. The maximum atomic E-state index is 12.6. The Hall–Kier alpha value is -1.93. The Balaban J connectivity index is 2.03. The maximum absolute atomic E-state index is 12.6. The molecule has 0 atom stereocenters. The van der Waals surface area contributed by atoms with Crippen LogP contribution in [0.15, 0.2) is 35.2 Å². The van der Waals surface area contributed by atoms with E-state index in [1.54, 1.807) is 30.0 Å². The topological polar surface area (TPSA) is 101 Å². The molecule has 7 nitrogen and oxygen atoms in total. The Kier molecular flexibility index (Phi) is 5.95. The fourth-order valence-corrected chi connectivity index (χ4v) is 4.19. The van der Waals surface area contributed by atoms with E-state index in [-0.39, 0.29) is 35.7 Å². The summed E-state index contributed by atoms with van der Waals surface area (Å²) in [4.78, 5) is 25.4. The second-order valence-electron chi connectivity index (χ2n) is 5.80. The Morgan fingerprint density at radius 2 is 1.79 bits per heavy atom. The summed E-state index contributed by atoms with van der Waals surface area (Å²) in [7, 11) is -3.70. The van der Waals surface area contributed by atoms with E-state index in [0.29, 0.717) is 25.9 Å². The molecule has 0 radical (unpaired) electrons. The van der Waals surface area contributed by atoms with Crippen molar-refractivity contribution in [2.75, 3.05) is 26.2 Å². The number of hydrogen-bond donors (Lipinski definition) is 1. The minimum absolute atomic E-state index is 0.173. The van der Waals surface area contributed by atoms with Gasteiger partial charge in [0.2, 0.25) is 21.8 Å². The third kappa shape index (κ3) is 4.12. The molecule has 132 valence electrons. The van der Waals surface area contributed by atoms with Crippen LogP contribution in [0.2, 0.25) is 0 Å². The standard InChI is InChI=1S/C16H23N3O4S/c1-2-19(24(22,23)14-6-4-3-5-7-14)12-15(20)18-10-8-13(9-11-18)16(17)21/h3-7,13H,2,8-12H2,1H3,(H2,17,21). The molecule has 1 fully saturated rings. The zero-order valence-electron chi connectivity index (χ0n) is 13.7. The first-order valence-corrected chi connectivity index (χ1v) is 9.42. The van der Waals surface area contributed by atoms with Gasteiger partial charge in [0.25, 0.3) is 0 Å². The highest BCUT2D eigenvalue weighted by Crippen LogP contribution is 2.19. The van der Waals surface area contributed by atoms with Crippen molar-refractivity contribution in [3.8, 4) is 0 Å². The fraction of sp³-hybridized carbons (Fsp3) is 0.500. The van der Waals surface area contributed by atoms with Crippen LogP contribution in [0.1, 0.15) is 19.8 Å². The minimum Gasteiger partial charge on any atom is -0.369 e. The summed E-state index contributed by atoms with van der Waals surface area (Å²) in [5.74, 6) is -0.799. The Morgan fingerprint density at radius 3 is 2.29 bits per heavy atom. The van der Waals surface area contributed by atoms with Gasteiger partial charge in [0, 0.05) is 25.6 Å². The lowest BCUT2D eigenvalue weighted by Crippen LogP contribution is -2.47. The Labute approximate surface area is 142 Å². The first kappa shape index (κ1) is 18.4. The van der Waals surface area contributed by atoms with E-state index in [9.17, 15) is 18.0 Å². The molecule has 0 saturated carbocycles. The molecule has 2 N–H and O–H groups in total. The van der Waals surface area contributed by atoms with Gasteiger partial charge in [0.15, 0.2) is 0 Å². The molecule has 1 saturated heterocycles. The van der Waals surface area contributed by atoms with Crippen molar-refractivity contribution >= 4 is 21.8 Å². The smallest absolute Gasteiger partial charge is 0.243 e. The highest BCUT2D eigenvalue weighted by molar-refractivity contribution is 7.89. The van der Waals surface area contributed by atoms with Gasteiger partial charge in [-0.05, 0) is 25.0 Å². The molecule has 1 aromatic carbocycles. The first-order valence-electron chi connectivity index (χ1n) is 7.98. The summed E-state index contributed by atoms with van der Waals surface area (Å²) in [6.45, 7) is 2.56. The predicted molar refractivity (Wildman–Crippen MR) is 89.4 cm³/mol. The van der Waals surface area contributed by atoms with Crippen molar-refractivity contribution in [1.82, 2.24) is 9.21 Å². The van der Waals surface area contributed by atoms with Crippen LogP contribution in [0.4, 0.5) is 0 Å². The van der Waals surface area contributed by atoms with Crippen LogP contribution in [-0.4, -0.2) is 55.6 Å². The molecule has 1 aliphatic rings. The average Bonchev–Trinajstić information content (AvgIpc) is 2.60. The number of carbonyl (C=O) groups excluding carboxylic acids is 2. The van der Waals surface area contributed by atoms with Gasteiger partial charge in [0.05, 0.1) is 11.4 Å². The van der Waals surface area contributed by atoms with Crippen LogP contribution in [0.5, 0.6) is 0 Å². The monoisotopic (exact) mass is 353 g/mol. The zero-order chi connectivity index (χ0) is 17.7. The van der Waals surface area contributed by atoms with E-state index < -0.39 is 10.0 Å². The van der Waals surface area contributed by atoms with E-state index in [2.05, 4.69) is 0 Å². The van der Waals surface area contributed by atoms with Gasteiger partial charge in [-0.2, -0.15) is 4.31 Å².